The van der Waals surface area contributed by atoms with E-state index in [1.165, 1.54) is 16.4 Å². The maximum atomic E-state index is 12.7. The van der Waals surface area contributed by atoms with Gasteiger partial charge in [-0.2, -0.15) is 17.5 Å². The molecule has 0 amide bonds. The number of sulfonamides is 1. The Morgan fingerprint density at radius 3 is 2.50 bits per heavy atom. The number of halogens is 3. The summed E-state index contributed by atoms with van der Waals surface area (Å²) in [6.07, 6.45) is -1.76. The Morgan fingerprint density at radius 2 is 1.89 bits per heavy atom. The zero-order valence-corrected chi connectivity index (χ0v) is 15.9. The lowest BCUT2D eigenvalue weighted by molar-refractivity contribution is -0.384. The van der Waals surface area contributed by atoms with Crippen LogP contribution in [0.3, 0.4) is 0 Å². The largest absolute Gasteiger partial charge is 0.411 e. The van der Waals surface area contributed by atoms with Gasteiger partial charge in [0.25, 0.3) is 5.69 Å². The average Bonchev–Trinajstić information content (AvgIpc) is 2.64. The fraction of sp³-hybridized carbons (Fsp3) is 0.625. The molecular weight excluding hydrogens is 403 g/mol. The molecule has 1 aromatic carbocycles. The van der Waals surface area contributed by atoms with E-state index in [0.717, 1.165) is 25.3 Å². The monoisotopic (exact) mass is 425 g/mol. The Balaban J connectivity index is 2.01. The summed E-state index contributed by atoms with van der Waals surface area (Å²) in [7, 11) is -3.81. The summed E-state index contributed by atoms with van der Waals surface area (Å²) in [5, 5.41) is 14.1. The van der Waals surface area contributed by atoms with Gasteiger partial charge in [-0.1, -0.05) is 6.42 Å². The Bertz CT molecular complexity index is 780. The number of ether oxygens (including phenoxy) is 1. The average molecular weight is 425 g/mol. The standard InChI is InChI=1S/C16H22F3N3O5S/c17-16(18,19)12-27-10-4-7-20-14-6-5-13(11-15(14)22(23)24)28(25,26)21-8-2-1-3-9-21/h5-6,11,20H,1-4,7-10,12H2. The third-order valence-electron chi connectivity index (χ3n) is 4.17. The van der Waals surface area contributed by atoms with E-state index in [9.17, 15) is 31.7 Å². The van der Waals surface area contributed by atoms with Crippen LogP contribution in [-0.2, 0) is 14.8 Å². The highest BCUT2D eigenvalue weighted by Crippen LogP contribution is 2.30. The molecule has 1 saturated heterocycles. The minimum absolute atomic E-state index is 0.0958. The molecule has 1 fully saturated rings. The fourth-order valence-electron chi connectivity index (χ4n) is 2.81. The molecule has 0 radical (unpaired) electrons. The van der Waals surface area contributed by atoms with Crippen LogP contribution in [0.5, 0.6) is 0 Å². The van der Waals surface area contributed by atoms with Crippen LogP contribution >= 0.6 is 0 Å². The van der Waals surface area contributed by atoms with E-state index in [0.29, 0.717) is 13.1 Å². The number of alkyl halides is 3. The number of nitro groups is 1. The van der Waals surface area contributed by atoms with Gasteiger partial charge in [-0.05, 0) is 31.4 Å². The highest BCUT2D eigenvalue weighted by molar-refractivity contribution is 7.89. The molecule has 0 saturated carbocycles. The third-order valence-corrected chi connectivity index (χ3v) is 6.06. The molecule has 1 heterocycles. The molecule has 0 unspecified atom stereocenters. The second-order valence-electron chi connectivity index (χ2n) is 6.35. The number of nitrogens with zero attached hydrogens (tertiary/aromatic N) is 2. The number of nitrogens with one attached hydrogen (secondary N) is 1. The maximum Gasteiger partial charge on any atom is 0.411 e. The molecule has 28 heavy (non-hydrogen) atoms. The van der Waals surface area contributed by atoms with Crippen molar-refractivity contribution in [1.29, 1.82) is 0 Å². The topological polar surface area (TPSA) is 102 Å². The van der Waals surface area contributed by atoms with E-state index in [-0.39, 0.29) is 30.2 Å². The summed E-state index contributed by atoms with van der Waals surface area (Å²) >= 11 is 0. The second kappa shape index (κ2) is 9.52. The summed E-state index contributed by atoms with van der Waals surface area (Å²) < 4.78 is 67.0. The smallest absolute Gasteiger partial charge is 0.379 e. The van der Waals surface area contributed by atoms with E-state index in [2.05, 4.69) is 10.1 Å². The van der Waals surface area contributed by atoms with Gasteiger partial charge in [0.2, 0.25) is 10.0 Å². The SMILES string of the molecule is O=[N+]([O-])c1cc(S(=O)(=O)N2CCCCC2)ccc1NCCCOCC(F)(F)F. The van der Waals surface area contributed by atoms with Gasteiger partial charge in [-0.3, -0.25) is 10.1 Å². The van der Waals surface area contributed by atoms with E-state index < -0.39 is 33.4 Å². The van der Waals surface area contributed by atoms with E-state index in [1.54, 1.807) is 0 Å². The molecule has 8 nitrogen and oxygen atoms in total. The Morgan fingerprint density at radius 1 is 1.21 bits per heavy atom. The molecule has 0 spiro atoms. The molecule has 0 atom stereocenters. The van der Waals surface area contributed by atoms with Gasteiger partial charge in [-0.25, -0.2) is 8.42 Å². The van der Waals surface area contributed by atoms with Crippen LogP contribution in [0.15, 0.2) is 23.1 Å². The number of rotatable bonds is 9. The Labute approximate surface area is 160 Å². The molecule has 1 N–H and O–H groups in total. The van der Waals surface area contributed by atoms with Gasteiger partial charge >= 0.3 is 6.18 Å². The van der Waals surface area contributed by atoms with Gasteiger partial charge < -0.3 is 10.1 Å². The van der Waals surface area contributed by atoms with E-state index in [4.69, 9.17) is 0 Å². The van der Waals surface area contributed by atoms with Crippen LogP contribution in [-0.4, -0.2) is 56.7 Å². The first-order valence-electron chi connectivity index (χ1n) is 8.78. The lowest BCUT2D eigenvalue weighted by Crippen LogP contribution is -2.35. The second-order valence-corrected chi connectivity index (χ2v) is 8.29. The zero-order chi connectivity index (χ0) is 20.8. The number of anilines is 1. The zero-order valence-electron chi connectivity index (χ0n) is 15.1. The number of hydrogen-bond acceptors (Lipinski definition) is 6. The van der Waals surface area contributed by atoms with Crippen molar-refractivity contribution in [3.8, 4) is 0 Å². The minimum atomic E-state index is -4.40. The van der Waals surface area contributed by atoms with Crippen molar-refractivity contribution in [3.63, 3.8) is 0 Å². The van der Waals surface area contributed by atoms with E-state index in [1.807, 2.05) is 0 Å². The van der Waals surface area contributed by atoms with Crippen LogP contribution in [0, 0.1) is 10.1 Å². The van der Waals surface area contributed by atoms with Crippen molar-refractivity contribution in [2.75, 3.05) is 38.2 Å². The summed E-state index contributed by atoms with van der Waals surface area (Å²) in [5.74, 6) is 0. The van der Waals surface area contributed by atoms with Crippen molar-refractivity contribution >= 4 is 21.4 Å². The number of piperidine rings is 1. The van der Waals surface area contributed by atoms with Crippen LogP contribution in [0.1, 0.15) is 25.7 Å². The van der Waals surface area contributed by atoms with Crippen molar-refractivity contribution in [3.05, 3.63) is 28.3 Å². The summed E-state index contributed by atoms with van der Waals surface area (Å²) in [6, 6.07) is 3.59. The molecule has 12 heteroatoms. The summed E-state index contributed by atoms with van der Waals surface area (Å²) in [6.45, 7) is -0.614. The van der Waals surface area contributed by atoms with Crippen LogP contribution in [0.4, 0.5) is 24.5 Å². The predicted molar refractivity (Wildman–Crippen MR) is 95.7 cm³/mol. The summed E-state index contributed by atoms with van der Waals surface area (Å²) in [5.41, 5.74) is -0.312. The fourth-order valence-corrected chi connectivity index (χ4v) is 4.35. The molecule has 158 valence electrons. The molecule has 1 aromatic rings. The summed E-state index contributed by atoms with van der Waals surface area (Å²) in [4.78, 5) is 10.5. The quantitative estimate of drug-likeness (QED) is 0.371. The van der Waals surface area contributed by atoms with Gasteiger partial charge in [0.15, 0.2) is 0 Å². The predicted octanol–water partition coefficient (Wildman–Crippen LogP) is 3.15. The molecule has 2 rings (SSSR count). The van der Waals surface area contributed by atoms with Crippen molar-refractivity contribution in [2.45, 2.75) is 36.8 Å². The molecular formula is C16H22F3N3O5S. The first-order chi connectivity index (χ1) is 13.1. The van der Waals surface area contributed by atoms with Crippen LogP contribution in [0.25, 0.3) is 0 Å². The minimum Gasteiger partial charge on any atom is -0.379 e. The molecule has 0 bridgehead atoms. The van der Waals surface area contributed by atoms with Crippen molar-refractivity contribution in [2.24, 2.45) is 0 Å². The third kappa shape index (κ3) is 6.31. The Hall–Kier alpha value is -1.92. The Kier molecular flexibility index (Phi) is 7.61. The molecule has 0 aliphatic carbocycles. The first-order valence-corrected chi connectivity index (χ1v) is 10.2. The van der Waals surface area contributed by atoms with Crippen molar-refractivity contribution < 1.29 is 31.2 Å². The van der Waals surface area contributed by atoms with Gasteiger partial charge in [0.1, 0.15) is 12.3 Å². The molecule has 1 aliphatic heterocycles. The van der Waals surface area contributed by atoms with Gasteiger partial charge in [0, 0.05) is 32.3 Å². The number of nitro benzene ring substituents is 1. The lowest BCUT2D eigenvalue weighted by Gasteiger charge is -2.25. The number of benzene rings is 1. The van der Waals surface area contributed by atoms with Crippen molar-refractivity contribution in [1.82, 2.24) is 4.31 Å². The maximum absolute atomic E-state index is 12.7. The first kappa shape index (κ1) is 22.4. The number of hydrogen-bond donors (Lipinski definition) is 1. The van der Waals surface area contributed by atoms with E-state index >= 15 is 0 Å². The van der Waals surface area contributed by atoms with Crippen LogP contribution in [0.2, 0.25) is 0 Å². The van der Waals surface area contributed by atoms with Gasteiger partial charge in [-0.15, -0.1) is 0 Å². The van der Waals surface area contributed by atoms with Crippen LogP contribution < -0.4 is 5.32 Å². The highest BCUT2D eigenvalue weighted by atomic mass is 32.2. The molecule has 0 aromatic heterocycles. The highest BCUT2D eigenvalue weighted by Gasteiger charge is 2.29. The lowest BCUT2D eigenvalue weighted by atomic mass is 10.2. The van der Waals surface area contributed by atoms with Gasteiger partial charge in [0.05, 0.1) is 9.82 Å². The molecule has 1 aliphatic rings. The normalized spacial score (nSPS) is 16.1.